The average Bonchev–Trinajstić information content (AvgIpc) is 2.55. The standard InChI is InChI=1S/C20H29NO5S/c1-14-9-11-17(12-10-14)27(24)15(2)18(25-16(3)22)8-7-13-21-19(23)26-20(4,5)6/h9-12,18H,2,7-8,13H2,1,3-6H3,(H,21,23). The highest BCUT2D eigenvalue weighted by molar-refractivity contribution is 7.89. The molecule has 150 valence electrons. The number of esters is 1. The van der Waals surface area contributed by atoms with E-state index in [0.717, 1.165) is 5.56 Å². The number of benzene rings is 1. The minimum Gasteiger partial charge on any atom is -0.457 e. The van der Waals surface area contributed by atoms with Crippen LogP contribution in [-0.2, 0) is 25.1 Å². The molecule has 0 heterocycles. The van der Waals surface area contributed by atoms with E-state index in [1.807, 2.05) is 19.1 Å². The van der Waals surface area contributed by atoms with Crippen LogP contribution in [0.15, 0.2) is 40.6 Å². The Morgan fingerprint density at radius 2 is 1.81 bits per heavy atom. The number of rotatable bonds is 8. The van der Waals surface area contributed by atoms with Gasteiger partial charge in [0.05, 0.1) is 15.7 Å². The molecule has 1 aromatic carbocycles. The van der Waals surface area contributed by atoms with Crippen LogP contribution in [0.2, 0.25) is 0 Å². The van der Waals surface area contributed by atoms with E-state index in [1.165, 1.54) is 6.92 Å². The lowest BCUT2D eigenvalue weighted by atomic mass is 10.2. The van der Waals surface area contributed by atoms with Gasteiger partial charge in [0.1, 0.15) is 11.7 Å². The van der Waals surface area contributed by atoms with Crippen molar-refractivity contribution in [1.82, 2.24) is 5.32 Å². The van der Waals surface area contributed by atoms with Crippen molar-refractivity contribution in [2.45, 2.75) is 64.1 Å². The zero-order valence-corrected chi connectivity index (χ0v) is 17.5. The molecule has 27 heavy (non-hydrogen) atoms. The first-order valence-corrected chi connectivity index (χ1v) is 9.96. The normalized spacial score (nSPS) is 13.4. The van der Waals surface area contributed by atoms with Gasteiger partial charge in [0.25, 0.3) is 0 Å². The summed E-state index contributed by atoms with van der Waals surface area (Å²) in [6.07, 6.45) is -0.286. The molecule has 0 saturated carbocycles. The molecule has 1 amide bonds. The molecular formula is C20H29NO5S. The van der Waals surface area contributed by atoms with Gasteiger partial charge in [-0.15, -0.1) is 0 Å². The fourth-order valence-corrected chi connectivity index (χ4v) is 3.30. The molecule has 0 aliphatic carbocycles. The molecule has 0 spiro atoms. The van der Waals surface area contributed by atoms with Crippen molar-refractivity contribution in [3.63, 3.8) is 0 Å². The lowest BCUT2D eigenvalue weighted by molar-refractivity contribution is -0.144. The molecule has 2 unspecified atom stereocenters. The number of carbonyl (C=O) groups excluding carboxylic acids is 2. The fraction of sp³-hybridized carbons (Fsp3) is 0.500. The molecule has 0 aliphatic rings. The number of nitrogens with one attached hydrogen (secondary N) is 1. The maximum atomic E-state index is 12.7. The number of aryl methyl sites for hydroxylation is 1. The Kier molecular flexibility index (Phi) is 8.69. The third-order valence-electron chi connectivity index (χ3n) is 3.45. The lowest BCUT2D eigenvalue weighted by Crippen LogP contribution is -2.33. The number of hydrogen-bond donors (Lipinski definition) is 1. The molecule has 1 rings (SSSR count). The largest absolute Gasteiger partial charge is 0.457 e. The molecule has 6 nitrogen and oxygen atoms in total. The first kappa shape index (κ1) is 22.9. The second-order valence-electron chi connectivity index (χ2n) is 7.22. The summed E-state index contributed by atoms with van der Waals surface area (Å²) in [6.45, 7) is 12.8. The monoisotopic (exact) mass is 395 g/mol. The first-order valence-electron chi connectivity index (χ1n) is 8.81. The molecule has 1 N–H and O–H groups in total. The summed E-state index contributed by atoms with van der Waals surface area (Å²) in [5.74, 6) is -0.470. The Hall–Kier alpha value is -2.15. The SMILES string of the molecule is C=C(C(CCCNC(=O)OC(C)(C)C)OC(C)=O)S(=O)c1ccc(C)cc1. The minimum absolute atomic E-state index is 0.325. The van der Waals surface area contributed by atoms with E-state index in [4.69, 9.17) is 9.47 Å². The molecule has 0 saturated heterocycles. The van der Waals surface area contributed by atoms with E-state index in [1.54, 1.807) is 32.9 Å². The van der Waals surface area contributed by atoms with Crippen molar-refractivity contribution in [2.75, 3.05) is 6.54 Å². The quantitative estimate of drug-likeness (QED) is 0.534. The summed E-state index contributed by atoms with van der Waals surface area (Å²) in [5, 5.41) is 2.65. The molecular weight excluding hydrogens is 366 g/mol. The summed E-state index contributed by atoms with van der Waals surface area (Å²) in [5.41, 5.74) is 0.495. The zero-order chi connectivity index (χ0) is 20.6. The first-order chi connectivity index (χ1) is 12.5. The van der Waals surface area contributed by atoms with E-state index in [0.29, 0.717) is 29.2 Å². The number of alkyl carbamates (subject to hydrolysis) is 1. The highest BCUT2D eigenvalue weighted by atomic mass is 32.2. The third kappa shape index (κ3) is 8.86. The van der Waals surface area contributed by atoms with Crippen LogP contribution in [-0.4, -0.2) is 34.5 Å². The van der Waals surface area contributed by atoms with Crippen LogP contribution in [0.3, 0.4) is 0 Å². The summed E-state index contributed by atoms with van der Waals surface area (Å²) >= 11 is 0. The minimum atomic E-state index is -1.49. The van der Waals surface area contributed by atoms with Crippen LogP contribution in [0, 0.1) is 6.92 Å². The number of ether oxygens (including phenoxy) is 2. The van der Waals surface area contributed by atoms with Gasteiger partial charge in [0.2, 0.25) is 0 Å². The van der Waals surface area contributed by atoms with Gasteiger partial charge in [0, 0.05) is 18.4 Å². The van der Waals surface area contributed by atoms with E-state index in [-0.39, 0.29) is 0 Å². The van der Waals surface area contributed by atoms with Crippen molar-refractivity contribution in [1.29, 1.82) is 0 Å². The molecule has 0 bridgehead atoms. The highest BCUT2D eigenvalue weighted by Crippen LogP contribution is 2.21. The van der Waals surface area contributed by atoms with Crippen LogP contribution >= 0.6 is 0 Å². The van der Waals surface area contributed by atoms with Gasteiger partial charge in [-0.1, -0.05) is 24.3 Å². The molecule has 2 atom stereocenters. The Balaban J connectivity index is 2.63. The van der Waals surface area contributed by atoms with Gasteiger partial charge in [-0.05, 0) is 52.7 Å². The summed E-state index contributed by atoms with van der Waals surface area (Å²) in [7, 11) is -1.49. The fourth-order valence-electron chi connectivity index (χ4n) is 2.21. The third-order valence-corrected chi connectivity index (χ3v) is 4.89. The van der Waals surface area contributed by atoms with Crippen LogP contribution < -0.4 is 5.32 Å². The van der Waals surface area contributed by atoms with Crippen LogP contribution in [0.5, 0.6) is 0 Å². The predicted molar refractivity (Wildman–Crippen MR) is 106 cm³/mol. The lowest BCUT2D eigenvalue weighted by Gasteiger charge is -2.21. The molecule has 7 heteroatoms. The topological polar surface area (TPSA) is 81.7 Å². The molecule has 1 aromatic rings. The van der Waals surface area contributed by atoms with Crippen molar-refractivity contribution in [2.24, 2.45) is 0 Å². The van der Waals surface area contributed by atoms with Gasteiger partial charge in [-0.2, -0.15) is 0 Å². The summed E-state index contributed by atoms with van der Waals surface area (Å²) < 4.78 is 23.2. The Morgan fingerprint density at radius 3 is 2.33 bits per heavy atom. The van der Waals surface area contributed by atoms with Gasteiger partial charge in [0.15, 0.2) is 0 Å². The maximum absolute atomic E-state index is 12.7. The van der Waals surface area contributed by atoms with Crippen molar-refractivity contribution < 1.29 is 23.3 Å². The molecule has 0 fully saturated rings. The predicted octanol–water partition coefficient (Wildman–Crippen LogP) is 3.85. The van der Waals surface area contributed by atoms with Gasteiger partial charge < -0.3 is 14.8 Å². The summed E-state index contributed by atoms with van der Waals surface area (Å²) in [6, 6.07) is 7.27. The smallest absolute Gasteiger partial charge is 0.407 e. The van der Waals surface area contributed by atoms with Gasteiger partial charge in [-0.25, -0.2) is 9.00 Å². The van der Waals surface area contributed by atoms with Crippen LogP contribution in [0.25, 0.3) is 0 Å². The average molecular weight is 396 g/mol. The van der Waals surface area contributed by atoms with Crippen molar-refractivity contribution in [3.8, 4) is 0 Å². The zero-order valence-electron chi connectivity index (χ0n) is 16.7. The Labute approximate surface area is 163 Å². The van der Waals surface area contributed by atoms with E-state index >= 15 is 0 Å². The molecule has 0 aromatic heterocycles. The number of hydrogen-bond acceptors (Lipinski definition) is 5. The van der Waals surface area contributed by atoms with E-state index in [9.17, 15) is 13.8 Å². The molecule has 0 radical (unpaired) electrons. The van der Waals surface area contributed by atoms with Crippen LogP contribution in [0.1, 0.15) is 46.1 Å². The molecule has 0 aliphatic heterocycles. The second kappa shape index (κ2) is 10.3. The number of amides is 1. The van der Waals surface area contributed by atoms with Crippen molar-refractivity contribution >= 4 is 22.9 Å². The number of carbonyl (C=O) groups is 2. The van der Waals surface area contributed by atoms with Crippen molar-refractivity contribution in [3.05, 3.63) is 41.3 Å². The Morgan fingerprint density at radius 1 is 1.22 bits per heavy atom. The van der Waals surface area contributed by atoms with E-state index < -0.39 is 34.6 Å². The van der Waals surface area contributed by atoms with E-state index in [2.05, 4.69) is 11.9 Å². The highest BCUT2D eigenvalue weighted by Gasteiger charge is 2.22. The van der Waals surface area contributed by atoms with Gasteiger partial charge in [-0.3, -0.25) is 4.79 Å². The van der Waals surface area contributed by atoms with Gasteiger partial charge >= 0.3 is 12.1 Å². The van der Waals surface area contributed by atoms with Crippen LogP contribution in [0.4, 0.5) is 4.79 Å². The maximum Gasteiger partial charge on any atom is 0.407 e. The Bertz CT molecular complexity index is 691. The summed E-state index contributed by atoms with van der Waals surface area (Å²) in [4.78, 5) is 24.0. The second-order valence-corrected chi connectivity index (χ2v) is 8.75.